The van der Waals surface area contributed by atoms with E-state index in [0.29, 0.717) is 86.2 Å². The van der Waals surface area contributed by atoms with Crippen LogP contribution in [0.5, 0.6) is 23.0 Å². The molecule has 12 nitrogen and oxygen atoms in total. The first-order chi connectivity index (χ1) is 29.7. The molecular formula is C49H46N2O10. The Labute approximate surface area is 354 Å². The number of carbonyl (C=O) groups is 4. The van der Waals surface area contributed by atoms with Gasteiger partial charge in [0.1, 0.15) is 23.0 Å². The van der Waals surface area contributed by atoms with E-state index in [1.54, 1.807) is 91.1 Å². The van der Waals surface area contributed by atoms with E-state index < -0.39 is 23.9 Å². The van der Waals surface area contributed by atoms with Crippen molar-refractivity contribution >= 4 is 35.8 Å². The molecule has 0 bridgehead atoms. The summed E-state index contributed by atoms with van der Waals surface area (Å²) in [5, 5.41) is 8.58. The van der Waals surface area contributed by atoms with Gasteiger partial charge in [0, 0.05) is 12.2 Å². The molecule has 0 radical (unpaired) electrons. The van der Waals surface area contributed by atoms with Crippen molar-refractivity contribution in [2.24, 2.45) is 10.2 Å². The third-order valence-corrected chi connectivity index (χ3v) is 8.82. The molecule has 0 saturated heterocycles. The Morgan fingerprint density at radius 3 is 1.31 bits per heavy atom. The molecule has 0 amide bonds. The molecule has 0 aromatic heterocycles. The molecule has 0 spiro atoms. The number of benzene rings is 5. The van der Waals surface area contributed by atoms with E-state index in [2.05, 4.69) is 23.4 Å². The monoisotopic (exact) mass is 822 g/mol. The third kappa shape index (κ3) is 14.9. The molecule has 5 aromatic carbocycles. The van der Waals surface area contributed by atoms with Gasteiger partial charge in [0.2, 0.25) is 0 Å². The van der Waals surface area contributed by atoms with Crippen molar-refractivity contribution in [2.45, 2.75) is 32.6 Å². The summed E-state index contributed by atoms with van der Waals surface area (Å²) in [5.41, 5.74) is 5.11. The number of hydrogen-bond acceptors (Lipinski definition) is 12. The van der Waals surface area contributed by atoms with E-state index in [1.807, 2.05) is 43.3 Å². The second kappa shape index (κ2) is 23.7. The molecule has 12 heteroatoms. The Kier molecular flexibility index (Phi) is 17.3. The first kappa shape index (κ1) is 44.5. The van der Waals surface area contributed by atoms with Gasteiger partial charge in [-0.25, -0.2) is 19.2 Å². The minimum Gasteiger partial charge on any atom is -0.494 e. The fourth-order valence-corrected chi connectivity index (χ4v) is 5.44. The molecule has 61 heavy (non-hydrogen) atoms. The predicted molar refractivity (Wildman–Crippen MR) is 233 cm³/mol. The third-order valence-electron chi connectivity index (χ3n) is 8.82. The summed E-state index contributed by atoms with van der Waals surface area (Å²) in [5.74, 6) is 0.186. The van der Waals surface area contributed by atoms with E-state index in [-0.39, 0.29) is 0 Å². The maximum atomic E-state index is 12.7. The highest BCUT2D eigenvalue weighted by molar-refractivity contribution is 5.99. The van der Waals surface area contributed by atoms with E-state index in [0.717, 1.165) is 40.1 Å². The van der Waals surface area contributed by atoms with Crippen molar-refractivity contribution in [3.8, 4) is 34.1 Å². The normalized spacial score (nSPS) is 11.0. The fraction of sp³-hybridized carbons (Fsp3) is 0.184. The van der Waals surface area contributed by atoms with Crippen LogP contribution >= 0.6 is 0 Å². The summed E-state index contributed by atoms with van der Waals surface area (Å²) in [6.45, 7) is 10.1. The van der Waals surface area contributed by atoms with Crippen molar-refractivity contribution in [1.82, 2.24) is 0 Å². The van der Waals surface area contributed by atoms with Gasteiger partial charge in [0.25, 0.3) is 0 Å². The highest BCUT2D eigenvalue weighted by Gasteiger charge is 2.11. The Morgan fingerprint density at radius 2 is 0.869 bits per heavy atom. The molecule has 5 aromatic rings. The average Bonchev–Trinajstić information content (AvgIpc) is 3.29. The highest BCUT2D eigenvalue weighted by atomic mass is 16.5. The van der Waals surface area contributed by atoms with E-state index in [4.69, 9.17) is 28.4 Å². The van der Waals surface area contributed by atoms with Crippen molar-refractivity contribution in [3.05, 3.63) is 169 Å². The van der Waals surface area contributed by atoms with E-state index in [9.17, 15) is 19.2 Å². The lowest BCUT2D eigenvalue weighted by atomic mass is 10.0. The van der Waals surface area contributed by atoms with Gasteiger partial charge in [0.15, 0.2) is 0 Å². The van der Waals surface area contributed by atoms with Gasteiger partial charge in [0.05, 0.1) is 49.5 Å². The molecule has 312 valence electrons. The second-order valence-corrected chi connectivity index (χ2v) is 13.3. The lowest BCUT2D eigenvalue weighted by Gasteiger charge is -2.09. The van der Waals surface area contributed by atoms with Crippen LogP contribution in [0.15, 0.2) is 157 Å². The number of nitrogens with zero attached hydrogens (tertiary/aromatic N) is 2. The van der Waals surface area contributed by atoms with E-state index in [1.165, 1.54) is 0 Å². The lowest BCUT2D eigenvalue weighted by Crippen LogP contribution is -2.08. The topological polar surface area (TPSA) is 148 Å². The Balaban J connectivity index is 1.03. The molecular weight excluding hydrogens is 777 g/mol. The molecule has 0 aliphatic heterocycles. The van der Waals surface area contributed by atoms with Crippen LogP contribution in [0, 0.1) is 0 Å². The number of esters is 4. The van der Waals surface area contributed by atoms with Crippen LogP contribution in [-0.2, 0) is 19.1 Å². The lowest BCUT2D eigenvalue weighted by molar-refractivity contribution is -0.138. The zero-order valence-corrected chi connectivity index (χ0v) is 33.8. The van der Waals surface area contributed by atoms with Gasteiger partial charge >= 0.3 is 23.9 Å². The first-order valence-electron chi connectivity index (χ1n) is 19.6. The van der Waals surface area contributed by atoms with Crippen molar-refractivity contribution in [1.29, 1.82) is 0 Å². The summed E-state index contributed by atoms with van der Waals surface area (Å²) in [6.07, 6.45) is 6.63. The minimum atomic E-state index is -0.497. The van der Waals surface area contributed by atoms with Gasteiger partial charge in [-0.15, -0.1) is 0 Å². The average molecular weight is 823 g/mol. The quantitative estimate of drug-likeness (QED) is 0.0165. The summed E-state index contributed by atoms with van der Waals surface area (Å²) < 4.78 is 32.4. The van der Waals surface area contributed by atoms with Crippen LogP contribution in [0.1, 0.15) is 64.4 Å². The van der Waals surface area contributed by atoms with Gasteiger partial charge < -0.3 is 28.4 Å². The van der Waals surface area contributed by atoms with Crippen LogP contribution in [0.2, 0.25) is 0 Å². The zero-order chi connectivity index (χ0) is 43.2. The molecule has 0 atom stereocenters. The number of rotatable bonds is 22. The molecule has 0 saturated carbocycles. The molecule has 0 N–H and O–H groups in total. The summed E-state index contributed by atoms with van der Waals surface area (Å²) in [4.78, 5) is 47.6. The molecule has 0 fully saturated rings. The first-order valence-corrected chi connectivity index (χ1v) is 19.6. The van der Waals surface area contributed by atoms with Crippen LogP contribution in [0.3, 0.4) is 0 Å². The van der Waals surface area contributed by atoms with E-state index >= 15 is 0 Å². The van der Waals surface area contributed by atoms with Gasteiger partial charge in [-0.05, 0) is 140 Å². The van der Waals surface area contributed by atoms with Crippen molar-refractivity contribution < 1.29 is 47.6 Å². The van der Waals surface area contributed by atoms with Gasteiger partial charge in [-0.1, -0.05) is 49.6 Å². The largest absolute Gasteiger partial charge is 0.494 e. The smallest absolute Gasteiger partial charge is 0.343 e. The van der Waals surface area contributed by atoms with Gasteiger partial charge in [-0.2, -0.15) is 10.2 Å². The second-order valence-electron chi connectivity index (χ2n) is 13.3. The molecule has 0 heterocycles. The van der Waals surface area contributed by atoms with Crippen LogP contribution in [-0.4, -0.2) is 62.2 Å². The van der Waals surface area contributed by atoms with Crippen molar-refractivity contribution in [3.63, 3.8) is 0 Å². The number of hydrogen-bond donors (Lipinski definition) is 0. The maximum absolute atomic E-state index is 12.7. The molecule has 0 aliphatic rings. The van der Waals surface area contributed by atoms with Crippen LogP contribution < -0.4 is 18.9 Å². The molecule has 0 unspecified atom stereocenters. The number of unbranched alkanes of at least 4 members (excludes halogenated alkanes) is 2. The van der Waals surface area contributed by atoms with Crippen molar-refractivity contribution in [2.75, 3.05) is 26.4 Å². The predicted octanol–water partition coefficient (Wildman–Crippen LogP) is 9.41. The molecule has 0 aliphatic carbocycles. The minimum absolute atomic E-state index is 0.306. The Bertz CT molecular complexity index is 2300. The standard InChI is InChI=1S/C49H46N2O10/c1-4-46(52)58-32-8-6-30-56-42-24-18-40(19-25-42)48(54)60-44-22-10-36(11-23-44)34-50-51-35(3)37-12-14-38(15-13-37)39-16-28-45(29-17-39)61-49(55)41-20-26-43(27-21-41)57-31-7-9-33-59-47(53)5-2/h4-5,10-29,34H,1-2,6-9,30-33H2,3H3. The summed E-state index contributed by atoms with van der Waals surface area (Å²) in [6, 6.07) is 35.5. The highest BCUT2D eigenvalue weighted by Crippen LogP contribution is 2.24. The SMILES string of the molecule is C=CC(=O)OCCCCOc1ccc(C(=O)Oc2ccc(C=NN=C(C)c3ccc(-c4ccc(OC(=O)c5ccc(OCCCCOC(=O)C=C)cc5)cc4)cc3)cc2)cc1. The molecule has 5 rings (SSSR count). The Hall–Kier alpha value is -7.60. The number of carbonyl (C=O) groups excluding carboxylic acids is 4. The Morgan fingerprint density at radius 1 is 0.492 bits per heavy atom. The van der Waals surface area contributed by atoms with Crippen LogP contribution in [0.4, 0.5) is 0 Å². The fourth-order valence-electron chi connectivity index (χ4n) is 5.44. The summed E-state index contributed by atoms with van der Waals surface area (Å²) >= 11 is 0. The summed E-state index contributed by atoms with van der Waals surface area (Å²) in [7, 11) is 0. The van der Waals surface area contributed by atoms with Gasteiger partial charge in [-0.3, -0.25) is 0 Å². The van der Waals surface area contributed by atoms with Crippen LogP contribution in [0.25, 0.3) is 11.1 Å². The number of ether oxygens (including phenoxy) is 6. The zero-order valence-electron chi connectivity index (χ0n) is 33.8. The maximum Gasteiger partial charge on any atom is 0.343 e.